The lowest BCUT2D eigenvalue weighted by Gasteiger charge is -2.25. The minimum absolute atomic E-state index is 0.125. The summed E-state index contributed by atoms with van der Waals surface area (Å²) in [5.41, 5.74) is -0.788. The molecule has 1 heterocycles. The van der Waals surface area contributed by atoms with Gasteiger partial charge in [-0.3, -0.25) is 4.79 Å². The van der Waals surface area contributed by atoms with Gasteiger partial charge in [-0.1, -0.05) is 12.2 Å². The fourth-order valence-electron chi connectivity index (χ4n) is 2.50. The minimum Gasteiger partial charge on any atom is -0.481 e. The second-order valence-electron chi connectivity index (χ2n) is 5.47. The Kier molecular flexibility index (Phi) is 3.59. The summed E-state index contributed by atoms with van der Waals surface area (Å²) in [4.78, 5) is 24.8. The van der Waals surface area contributed by atoms with Crippen molar-refractivity contribution in [3.05, 3.63) is 12.2 Å². The number of rotatable bonds is 2. The molecule has 2 atom stereocenters. The predicted octanol–water partition coefficient (Wildman–Crippen LogP) is 1.60. The highest BCUT2D eigenvalue weighted by Gasteiger charge is 2.42. The molecule has 2 rings (SSSR count). The Bertz CT molecular complexity index is 380. The van der Waals surface area contributed by atoms with Crippen LogP contribution in [0.1, 0.15) is 32.6 Å². The number of nitrogens with zero attached hydrogens (tertiary/aromatic N) is 1. The Balaban J connectivity index is 1.87. The molecule has 0 bridgehead atoms. The molecule has 2 N–H and O–H groups in total. The van der Waals surface area contributed by atoms with Gasteiger partial charge in [0, 0.05) is 19.1 Å². The smallest absolute Gasteiger partial charge is 0.317 e. The Morgan fingerprint density at radius 2 is 2.22 bits per heavy atom. The molecule has 0 aromatic rings. The molecular formula is C13H20N2O3. The van der Waals surface area contributed by atoms with Crippen molar-refractivity contribution < 1.29 is 14.7 Å². The van der Waals surface area contributed by atoms with E-state index < -0.39 is 11.4 Å². The van der Waals surface area contributed by atoms with Gasteiger partial charge >= 0.3 is 12.0 Å². The van der Waals surface area contributed by atoms with Crippen molar-refractivity contribution in [1.29, 1.82) is 0 Å². The van der Waals surface area contributed by atoms with E-state index in [1.165, 1.54) is 0 Å². The normalized spacial score (nSPS) is 31.4. The summed E-state index contributed by atoms with van der Waals surface area (Å²) in [5.74, 6) is -0.821. The van der Waals surface area contributed by atoms with Crippen LogP contribution >= 0.6 is 0 Å². The predicted molar refractivity (Wildman–Crippen MR) is 67.2 cm³/mol. The van der Waals surface area contributed by atoms with Gasteiger partial charge in [-0.25, -0.2) is 4.79 Å². The summed E-state index contributed by atoms with van der Waals surface area (Å²) < 4.78 is 0. The maximum atomic E-state index is 12.0. The number of urea groups is 1. The number of nitrogens with one attached hydrogen (secondary N) is 1. The van der Waals surface area contributed by atoms with Crippen LogP contribution in [0.5, 0.6) is 0 Å². The molecule has 2 aliphatic rings. The summed E-state index contributed by atoms with van der Waals surface area (Å²) in [7, 11) is 0. The molecule has 0 aromatic carbocycles. The van der Waals surface area contributed by atoms with Crippen LogP contribution in [0.15, 0.2) is 12.2 Å². The van der Waals surface area contributed by atoms with Gasteiger partial charge in [-0.05, 0) is 32.6 Å². The maximum Gasteiger partial charge on any atom is 0.317 e. The van der Waals surface area contributed by atoms with Gasteiger partial charge in [0.05, 0.1) is 5.41 Å². The first-order chi connectivity index (χ1) is 8.51. The molecule has 0 saturated carbocycles. The van der Waals surface area contributed by atoms with E-state index in [-0.39, 0.29) is 12.1 Å². The van der Waals surface area contributed by atoms with Crippen molar-refractivity contribution in [3.63, 3.8) is 0 Å². The fourth-order valence-corrected chi connectivity index (χ4v) is 2.50. The average Bonchev–Trinajstić information content (AvgIpc) is 2.75. The van der Waals surface area contributed by atoms with Crippen LogP contribution in [0.4, 0.5) is 4.79 Å². The second-order valence-corrected chi connectivity index (χ2v) is 5.47. The Morgan fingerprint density at radius 3 is 2.78 bits per heavy atom. The van der Waals surface area contributed by atoms with Gasteiger partial charge in [0.15, 0.2) is 0 Å². The molecule has 5 nitrogen and oxygen atoms in total. The third-order valence-corrected chi connectivity index (χ3v) is 3.87. The topological polar surface area (TPSA) is 69.6 Å². The van der Waals surface area contributed by atoms with Gasteiger partial charge < -0.3 is 15.3 Å². The van der Waals surface area contributed by atoms with Crippen LogP contribution < -0.4 is 5.32 Å². The number of carboxylic acids is 1. The molecule has 5 heteroatoms. The number of hydrogen-bond donors (Lipinski definition) is 2. The lowest BCUT2D eigenvalue weighted by atomic mass is 9.90. The van der Waals surface area contributed by atoms with Gasteiger partial charge in [0.25, 0.3) is 0 Å². The van der Waals surface area contributed by atoms with Crippen LogP contribution in [-0.2, 0) is 4.79 Å². The van der Waals surface area contributed by atoms with E-state index in [4.69, 9.17) is 5.11 Å². The first-order valence-electron chi connectivity index (χ1n) is 6.45. The number of aliphatic carboxylic acids is 1. The van der Waals surface area contributed by atoms with E-state index in [0.29, 0.717) is 19.5 Å². The molecular weight excluding hydrogens is 232 g/mol. The van der Waals surface area contributed by atoms with Crippen molar-refractivity contribution >= 4 is 12.0 Å². The summed E-state index contributed by atoms with van der Waals surface area (Å²) in [6.45, 7) is 2.53. The first kappa shape index (κ1) is 12.9. The molecule has 1 saturated heterocycles. The van der Waals surface area contributed by atoms with Gasteiger partial charge in [0.2, 0.25) is 0 Å². The van der Waals surface area contributed by atoms with Crippen molar-refractivity contribution in [2.24, 2.45) is 5.41 Å². The largest absolute Gasteiger partial charge is 0.481 e. The second kappa shape index (κ2) is 5.00. The zero-order valence-electron chi connectivity index (χ0n) is 10.7. The van der Waals surface area contributed by atoms with E-state index in [2.05, 4.69) is 17.5 Å². The number of likely N-dealkylation sites (tertiary alicyclic amines) is 1. The summed E-state index contributed by atoms with van der Waals surface area (Å²) in [6, 6.07) is 0.0689. The fraction of sp³-hybridized carbons (Fsp3) is 0.692. The molecule has 2 unspecified atom stereocenters. The molecule has 0 radical (unpaired) electrons. The number of carbonyl (C=O) groups excluding carboxylic acids is 1. The highest BCUT2D eigenvalue weighted by Crippen LogP contribution is 2.30. The van der Waals surface area contributed by atoms with Crippen LogP contribution in [0.25, 0.3) is 0 Å². The highest BCUT2D eigenvalue weighted by atomic mass is 16.4. The van der Waals surface area contributed by atoms with Crippen molar-refractivity contribution in [2.75, 3.05) is 13.1 Å². The standard InChI is InChI=1S/C13H20N2O3/c1-13(11(16)17)7-8-15(9-13)12(18)14-10-5-3-2-4-6-10/h2-3,10H,4-9H2,1H3,(H,14,18)(H,16,17). The maximum absolute atomic E-state index is 12.0. The Labute approximate surface area is 107 Å². The summed E-state index contributed by atoms with van der Waals surface area (Å²) in [5, 5.41) is 12.1. The average molecular weight is 252 g/mol. The molecule has 2 amide bonds. The molecule has 1 fully saturated rings. The van der Waals surface area contributed by atoms with Gasteiger partial charge in [0.1, 0.15) is 0 Å². The first-order valence-corrected chi connectivity index (χ1v) is 6.45. The van der Waals surface area contributed by atoms with Crippen molar-refractivity contribution in [3.8, 4) is 0 Å². The Morgan fingerprint density at radius 1 is 1.44 bits per heavy atom. The molecule has 100 valence electrons. The molecule has 1 aliphatic heterocycles. The number of carboxylic acid groups (broad SMARTS) is 1. The monoisotopic (exact) mass is 252 g/mol. The van der Waals surface area contributed by atoms with E-state index in [0.717, 1.165) is 19.3 Å². The molecule has 0 spiro atoms. The van der Waals surface area contributed by atoms with Crippen LogP contribution in [-0.4, -0.2) is 41.1 Å². The van der Waals surface area contributed by atoms with Crippen LogP contribution in [0.2, 0.25) is 0 Å². The lowest BCUT2D eigenvalue weighted by Crippen LogP contribution is -2.45. The van der Waals surface area contributed by atoms with E-state index in [9.17, 15) is 9.59 Å². The van der Waals surface area contributed by atoms with Gasteiger partial charge in [-0.2, -0.15) is 0 Å². The highest BCUT2D eigenvalue weighted by molar-refractivity contribution is 5.79. The summed E-state index contributed by atoms with van der Waals surface area (Å²) in [6.07, 6.45) is 7.57. The molecule has 0 aromatic heterocycles. The molecule has 18 heavy (non-hydrogen) atoms. The zero-order valence-corrected chi connectivity index (χ0v) is 10.7. The van der Waals surface area contributed by atoms with Gasteiger partial charge in [-0.15, -0.1) is 0 Å². The van der Waals surface area contributed by atoms with Crippen molar-refractivity contribution in [2.45, 2.75) is 38.6 Å². The van der Waals surface area contributed by atoms with E-state index in [1.807, 2.05) is 0 Å². The van der Waals surface area contributed by atoms with E-state index >= 15 is 0 Å². The minimum atomic E-state index is -0.821. The number of allylic oxidation sites excluding steroid dienone is 1. The van der Waals surface area contributed by atoms with Crippen LogP contribution in [0.3, 0.4) is 0 Å². The lowest BCUT2D eigenvalue weighted by molar-refractivity contribution is -0.146. The SMILES string of the molecule is CC1(C(=O)O)CCN(C(=O)NC2CC=CCC2)C1. The van der Waals surface area contributed by atoms with E-state index in [1.54, 1.807) is 11.8 Å². The number of carbonyl (C=O) groups is 2. The van der Waals surface area contributed by atoms with Crippen LogP contribution in [0, 0.1) is 5.41 Å². The third-order valence-electron chi connectivity index (χ3n) is 3.87. The molecule has 1 aliphatic carbocycles. The van der Waals surface area contributed by atoms with Crippen molar-refractivity contribution in [1.82, 2.24) is 10.2 Å². The number of hydrogen-bond acceptors (Lipinski definition) is 2. The zero-order chi connectivity index (χ0) is 13.2. The summed E-state index contributed by atoms with van der Waals surface area (Å²) >= 11 is 0. The third kappa shape index (κ3) is 2.66. The quantitative estimate of drug-likeness (QED) is 0.733. The Hall–Kier alpha value is -1.52. The number of amides is 2.